The zero-order valence-electron chi connectivity index (χ0n) is 25.1. The minimum atomic E-state index is -5.09. The van der Waals surface area contributed by atoms with Crippen molar-refractivity contribution < 1.29 is 31.5 Å². The molecule has 2 atom stereocenters. The van der Waals surface area contributed by atoms with Crippen LogP contribution in [0.25, 0.3) is 33.1 Å². The SMILES string of the molecule is C=CC(=O)N1[C@H](C)CN(c2nc(=O)n3c4c(c(-c5c(F)cc(F)c6[nH]c(=O)[nH]c56)c(C(F)(F)F)cc24)SCC2(CC(=O)C2)C3)C[C@@H]1C. The number of imidazole rings is 1. The van der Waals surface area contributed by atoms with Gasteiger partial charge < -0.3 is 19.8 Å². The van der Waals surface area contributed by atoms with Gasteiger partial charge in [-0.3, -0.25) is 14.2 Å². The summed E-state index contributed by atoms with van der Waals surface area (Å²) in [7, 11) is 0. The number of thioether (sulfide) groups is 1. The van der Waals surface area contributed by atoms with Crippen LogP contribution < -0.4 is 16.3 Å². The van der Waals surface area contributed by atoms with Crippen molar-refractivity contribution in [3.8, 4) is 11.1 Å². The van der Waals surface area contributed by atoms with Crippen LogP contribution in [0.4, 0.5) is 27.8 Å². The number of fused-ring (bicyclic) bond motifs is 1. The van der Waals surface area contributed by atoms with Crippen LogP contribution in [-0.4, -0.2) is 67.0 Å². The van der Waals surface area contributed by atoms with Gasteiger partial charge in [0.05, 0.1) is 16.6 Å². The van der Waals surface area contributed by atoms with Crippen molar-refractivity contribution in [3.63, 3.8) is 0 Å². The number of aromatic nitrogens is 4. The van der Waals surface area contributed by atoms with Gasteiger partial charge in [0.1, 0.15) is 22.9 Å². The number of anilines is 1. The van der Waals surface area contributed by atoms with E-state index in [0.717, 1.165) is 17.8 Å². The van der Waals surface area contributed by atoms with Gasteiger partial charge in [-0.15, -0.1) is 11.8 Å². The Morgan fingerprint density at radius 3 is 2.32 bits per heavy atom. The summed E-state index contributed by atoms with van der Waals surface area (Å²) in [6.07, 6.45) is -3.72. The summed E-state index contributed by atoms with van der Waals surface area (Å²) in [6, 6.07) is 0.368. The van der Waals surface area contributed by atoms with Crippen LogP contribution in [0.5, 0.6) is 0 Å². The normalized spacial score (nSPS) is 21.0. The summed E-state index contributed by atoms with van der Waals surface area (Å²) in [4.78, 5) is 62.7. The number of carbonyl (C=O) groups excluding carboxylic acids is 2. The first-order chi connectivity index (χ1) is 22.1. The second-order valence-corrected chi connectivity index (χ2v) is 13.6. The van der Waals surface area contributed by atoms with Crippen molar-refractivity contribution >= 4 is 51.2 Å². The summed E-state index contributed by atoms with van der Waals surface area (Å²) in [5, 5.41) is -0.0323. The molecule has 0 bridgehead atoms. The zero-order valence-corrected chi connectivity index (χ0v) is 25.9. The van der Waals surface area contributed by atoms with Crippen LogP contribution >= 0.6 is 11.8 Å². The van der Waals surface area contributed by atoms with E-state index in [4.69, 9.17) is 0 Å². The van der Waals surface area contributed by atoms with Gasteiger partial charge in [0, 0.05) is 83.2 Å². The molecule has 0 unspecified atom stereocenters. The van der Waals surface area contributed by atoms with E-state index >= 15 is 17.6 Å². The molecule has 47 heavy (non-hydrogen) atoms. The lowest BCUT2D eigenvalue weighted by Gasteiger charge is -2.44. The quantitative estimate of drug-likeness (QED) is 0.241. The fourth-order valence-electron chi connectivity index (χ4n) is 7.40. The van der Waals surface area contributed by atoms with E-state index in [1.54, 1.807) is 23.6 Å². The van der Waals surface area contributed by atoms with E-state index in [9.17, 15) is 23.6 Å². The van der Waals surface area contributed by atoms with Gasteiger partial charge >= 0.3 is 17.6 Å². The van der Waals surface area contributed by atoms with Crippen LogP contribution in [-0.2, 0) is 22.3 Å². The highest BCUT2D eigenvalue weighted by Crippen LogP contribution is 2.54. The second-order valence-electron chi connectivity index (χ2n) is 12.6. The number of H-pyrrole nitrogens is 2. The number of piperazine rings is 1. The fourth-order valence-corrected chi connectivity index (χ4v) is 8.86. The summed E-state index contributed by atoms with van der Waals surface area (Å²) >= 11 is 0.954. The van der Waals surface area contributed by atoms with E-state index < -0.39 is 74.4 Å². The number of rotatable bonds is 3. The summed E-state index contributed by atoms with van der Waals surface area (Å²) in [6.45, 7) is 7.33. The van der Waals surface area contributed by atoms with Crippen molar-refractivity contribution in [2.24, 2.45) is 5.41 Å². The lowest BCUT2D eigenvalue weighted by molar-refractivity contribution is -0.137. The first-order valence-corrected chi connectivity index (χ1v) is 15.7. The molecule has 2 aromatic heterocycles. The predicted octanol–water partition coefficient (Wildman–Crippen LogP) is 4.60. The predicted molar refractivity (Wildman–Crippen MR) is 164 cm³/mol. The number of Topliss-reactive ketones (excluding diaryl/α,β-unsaturated/α-hetero) is 1. The number of amides is 1. The van der Waals surface area contributed by atoms with Crippen LogP contribution in [0.15, 0.2) is 39.3 Å². The molecule has 0 radical (unpaired) electrons. The highest BCUT2D eigenvalue weighted by molar-refractivity contribution is 7.99. The number of halogens is 5. The number of benzene rings is 2. The monoisotopic (exact) mass is 674 g/mol. The van der Waals surface area contributed by atoms with Crippen LogP contribution in [0.1, 0.15) is 32.3 Å². The molecule has 246 valence electrons. The van der Waals surface area contributed by atoms with Crippen molar-refractivity contribution in [1.29, 1.82) is 0 Å². The van der Waals surface area contributed by atoms with E-state index in [0.29, 0.717) is 6.07 Å². The maximum Gasteiger partial charge on any atom is 0.417 e. The average Bonchev–Trinajstić information content (AvgIpc) is 3.27. The molecule has 2 N–H and O–H groups in total. The van der Waals surface area contributed by atoms with Crippen molar-refractivity contribution in [2.45, 2.75) is 56.4 Å². The lowest BCUT2D eigenvalue weighted by atomic mass is 9.69. The van der Waals surface area contributed by atoms with Gasteiger partial charge in [-0.2, -0.15) is 18.2 Å². The Balaban J connectivity index is 1.57. The van der Waals surface area contributed by atoms with Gasteiger partial charge in [0.2, 0.25) is 5.91 Å². The number of alkyl halides is 3. The topological polar surface area (TPSA) is 124 Å². The largest absolute Gasteiger partial charge is 0.417 e. The number of ketones is 1. The van der Waals surface area contributed by atoms with Crippen LogP contribution in [0, 0.1) is 17.0 Å². The number of nitrogens with zero attached hydrogens (tertiary/aromatic N) is 4. The standard InChI is InChI=1S/C31H27F5N6O4S/c1-4-20(44)42-13(2)9-40(10-14(42)3)27-16-5-17(31(34,35)36)21(22-18(32)6-19(33)23-24(22)38-28(45)37-23)26-25(16)41(29(46)39-27)11-30(12-47-26)7-15(43)8-30/h4-6,13-14H,1,7-12H2,2-3H3,(H2,37,38,45)/t13-,14+. The molecular formula is C31H27F5N6O4S. The van der Waals surface area contributed by atoms with E-state index in [-0.39, 0.29) is 71.5 Å². The molecule has 2 aromatic carbocycles. The molecule has 3 aliphatic rings. The van der Waals surface area contributed by atoms with E-state index in [2.05, 4.69) is 21.5 Å². The lowest BCUT2D eigenvalue weighted by Crippen LogP contribution is -2.58. The molecule has 1 aliphatic carbocycles. The maximum atomic E-state index is 15.8. The highest BCUT2D eigenvalue weighted by atomic mass is 32.2. The molecular weight excluding hydrogens is 647 g/mol. The molecule has 1 spiro atoms. The second kappa shape index (κ2) is 10.5. The van der Waals surface area contributed by atoms with Crippen LogP contribution in [0.2, 0.25) is 0 Å². The fraction of sp³-hybridized carbons (Fsp3) is 0.387. The summed E-state index contributed by atoms with van der Waals surface area (Å²) in [5.41, 5.74) is -6.06. The Morgan fingerprint density at radius 1 is 1.04 bits per heavy atom. The summed E-state index contributed by atoms with van der Waals surface area (Å²) in [5.74, 6) is -2.82. The Bertz CT molecular complexity index is 2150. The Hall–Kier alpha value is -4.47. The van der Waals surface area contributed by atoms with E-state index in [1.807, 2.05) is 0 Å². The number of carbonyl (C=O) groups is 2. The summed E-state index contributed by atoms with van der Waals surface area (Å²) < 4.78 is 77.3. The van der Waals surface area contributed by atoms with Crippen molar-refractivity contribution in [2.75, 3.05) is 23.7 Å². The van der Waals surface area contributed by atoms with Crippen LogP contribution in [0.3, 0.4) is 0 Å². The highest BCUT2D eigenvalue weighted by Gasteiger charge is 2.48. The smallest absolute Gasteiger partial charge is 0.352 e. The minimum Gasteiger partial charge on any atom is -0.352 e. The Labute approximate surface area is 266 Å². The Kier molecular flexibility index (Phi) is 6.97. The molecule has 1 saturated carbocycles. The van der Waals surface area contributed by atoms with Crippen molar-refractivity contribution in [3.05, 3.63) is 63.0 Å². The first kappa shape index (κ1) is 31.1. The minimum absolute atomic E-state index is 0.0110. The first-order valence-electron chi connectivity index (χ1n) is 14.8. The molecule has 1 saturated heterocycles. The number of nitrogens with one attached hydrogen (secondary N) is 2. The van der Waals surface area contributed by atoms with E-state index in [1.165, 1.54) is 10.6 Å². The number of aromatic amines is 2. The number of hydrogen-bond donors (Lipinski definition) is 2. The third-order valence-corrected chi connectivity index (χ3v) is 10.7. The third kappa shape index (κ3) is 4.78. The van der Waals surface area contributed by atoms with Gasteiger partial charge in [-0.25, -0.2) is 18.4 Å². The molecule has 4 heterocycles. The molecule has 10 nitrogen and oxygen atoms in total. The number of hydrogen-bond acceptors (Lipinski definition) is 7. The third-order valence-electron chi connectivity index (χ3n) is 9.27. The molecule has 2 aliphatic heterocycles. The Morgan fingerprint density at radius 2 is 1.70 bits per heavy atom. The van der Waals surface area contributed by atoms with Gasteiger partial charge in [0.15, 0.2) is 5.82 Å². The van der Waals surface area contributed by atoms with Gasteiger partial charge in [0.25, 0.3) is 0 Å². The molecule has 1 amide bonds. The van der Waals surface area contributed by atoms with Gasteiger partial charge in [-0.1, -0.05) is 6.58 Å². The molecule has 7 rings (SSSR count). The zero-order chi connectivity index (χ0) is 33.7. The van der Waals surface area contributed by atoms with Gasteiger partial charge in [-0.05, 0) is 26.0 Å². The molecule has 16 heteroatoms. The average molecular weight is 675 g/mol. The molecule has 4 aromatic rings. The molecule has 2 fully saturated rings. The van der Waals surface area contributed by atoms with Crippen molar-refractivity contribution in [1.82, 2.24) is 24.4 Å². The maximum absolute atomic E-state index is 15.8.